The summed E-state index contributed by atoms with van der Waals surface area (Å²) in [6.07, 6.45) is -3.86. The molecule has 1 atom stereocenters. The molecule has 0 spiro atoms. The molecule has 0 radical (unpaired) electrons. The molecule has 0 saturated heterocycles. The van der Waals surface area contributed by atoms with Gasteiger partial charge in [0.15, 0.2) is 0 Å². The fourth-order valence-corrected chi connectivity index (χ4v) is 1.92. The number of hydrogen-bond donors (Lipinski definition) is 3. The van der Waals surface area contributed by atoms with Crippen LogP contribution in [-0.4, -0.2) is 11.7 Å². The minimum absolute atomic E-state index is 0.226. The van der Waals surface area contributed by atoms with Crippen molar-refractivity contribution in [1.29, 1.82) is 5.41 Å². The van der Waals surface area contributed by atoms with Crippen LogP contribution in [0.5, 0.6) is 0 Å². The fraction of sp³-hybridized carbons (Fsp3) is 0.385. The van der Waals surface area contributed by atoms with Gasteiger partial charge in [0.2, 0.25) is 5.91 Å². The Labute approximate surface area is 114 Å². The Kier molecular flexibility index (Phi) is 4.75. The zero-order valence-corrected chi connectivity index (χ0v) is 10.9. The van der Waals surface area contributed by atoms with E-state index in [2.05, 4.69) is 0 Å². The van der Waals surface area contributed by atoms with E-state index in [9.17, 15) is 18.0 Å². The van der Waals surface area contributed by atoms with E-state index in [1.54, 1.807) is 6.92 Å². The second-order valence-corrected chi connectivity index (χ2v) is 4.50. The standard InChI is InChI=1S/C13H16F3N3O/c1-2-8(12(19)20)5-7-3-4-10(13(14,15)16)9(6-7)11(17)18/h3-4,6,8H,2,5H2,1H3,(H3,17,18)(H2,19,20). The number of carbonyl (C=O) groups is 1. The molecule has 0 aliphatic carbocycles. The first kappa shape index (κ1) is 16.0. The van der Waals surface area contributed by atoms with Gasteiger partial charge in [0.25, 0.3) is 0 Å². The van der Waals surface area contributed by atoms with Crippen molar-refractivity contribution < 1.29 is 18.0 Å². The molecule has 1 aromatic rings. The highest BCUT2D eigenvalue weighted by molar-refractivity contribution is 5.96. The van der Waals surface area contributed by atoms with E-state index in [4.69, 9.17) is 16.9 Å². The molecule has 0 heterocycles. The van der Waals surface area contributed by atoms with Crippen LogP contribution in [0.25, 0.3) is 0 Å². The van der Waals surface area contributed by atoms with Crippen LogP contribution in [-0.2, 0) is 17.4 Å². The van der Waals surface area contributed by atoms with Crippen LogP contribution in [0, 0.1) is 11.3 Å². The van der Waals surface area contributed by atoms with Gasteiger partial charge in [-0.3, -0.25) is 10.2 Å². The molecule has 0 aliphatic heterocycles. The summed E-state index contributed by atoms with van der Waals surface area (Å²) >= 11 is 0. The molecule has 1 rings (SSSR count). The number of halogens is 3. The first-order valence-electron chi connectivity index (χ1n) is 6.00. The van der Waals surface area contributed by atoms with Crippen molar-refractivity contribution in [3.8, 4) is 0 Å². The molecular weight excluding hydrogens is 271 g/mol. The molecule has 1 amide bonds. The highest BCUT2D eigenvalue weighted by Gasteiger charge is 2.34. The number of primary amides is 1. The van der Waals surface area contributed by atoms with Crippen molar-refractivity contribution in [2.24, 2.45) is 17.4 Å². The van der Waals surface area contributed by atoms with Gasteiger partial charge in [0.05, 0.1) is 5.56 Å². The van der Waals surface area contributed by atoms with E-state index in [0.717, 1.165) is 6.07 Å². The predicted molar refractivity (Wildman–Crippen MR) is 69.1 cm³/mol. The van der Waals surface area contributed by atoms with Crippen LogP contribution in [0.15, 0.2) is 18.2 Å². The van der Waals surface area contributed by atoms with Gasteiger partial charge >= 0.3 is 6.18 Å². The lowest BCUT2D eigenvalue weighted by Crippen LogP contribution is -2.25. The number of nitrogens with two attached hydrogens (primary N) is 2. The lowest BCUT2D eigenvalue weighted by molar-refractivity contribution is -0.137. The van der Waals surface area contributed by atoms with Crippen LogP contribution in [0.2, 0.25) is 0 Å². The molecule has 110 valence electrons. The molecule has 1 aromatic carbocycles. The van der Waals surface area contributed by atoms with Gasteiger partial charge < -0.3 is 11.5 Å². The quantitative estimate of drug-likeness (QED) is 0.571. The molecule has 0 fully saturated rings. The third-order valence-corrected chi connectivity index (χ3v) is 3.06. The van der Waals surface area contributed by atoms with Gasteiger partial charge in [-0.05, 0) is 30.5 Å². The molecule has 0 aromatic heterocycles. The normalized spacial score (nSPS) is 13.0. The summed E-state index contributed by atoms with van der Waals surface area (Å²) in [5.74, 6) is -1.62. The Hall–Kier alpha value is -2.05. The highest BCUT2D eigenvalue weighted by Crippen LogP contribution is 2.32. The average Bonchev–Trinajstić information content (AvgIpc) is 2.33. The Balaban J connectivity index is 3.17. The van der Waals surface area contributed by atoms with Crippen molar-refractivity contribution >= 4 is 11.7 Å². The maximum Gasteiger partial charge on any atom is 0.417 e. The Morgan fingerprint density at radius 2 is 1.95 bits per heavy atom. The summed E-state index contributed by atoms with van der Waals surface area (Å²) in [6.45, 7) is 1.77. The van der Waals surface area contributed by atoms with Crippen molar-refractivity contribution in [3.63, 3.8) is 0 Å². The second kappa shape index (κ2) is 5.94. The molecule has 5 N–H and O–H groups in total. The first-order chi connectivity index (χ1) is 9.16. The maximum atomic E-state index is 12.8. The van der Waals surface area contributed by atoms with Gasteiger partial charge in [0.1, 0.15) is 5.84 Å². The Bertz CT molecular complexity index is 526. The molecular formula is C13H16F3N3O. The fourth-order valence-electron chi connectivity index (χ4n) is 1.92. The smallest absolute Gasteiger partial charge is 0.384 e. The predicted octanol–water partition coefficient (Wildman–Crippen LogP) is 2.04. The molecule has 20 heavy (non-hydrogen) atoms. The van der Waals surface area contributed by atoms with E-state index in [-0.39, 0.29) is 12.0 Å². The summed E-state index contributed by atoms with van der Waals surface area (Å²) in [4.78, 5) is 11.2. The van der Waals surface area contributed by atoms with Gasteiger partial charge in [-0.25, -0.2) is 0 Å². The van der Waals surface area contributed by atoms with Gasteiger partial charge in [0, 0.05) is 11.5 Å². The number of alkyl halides is 3. The minimum atomic E-state index is -4.58. The van der Waals surface area contributed by atoms with Crippen LogP contribution < -0.4 is 11.5 Å². The topological polar surface area (TPSA) is 93.0 Å². The van der Waals surface area contributed by atoms with Crippen molar-refractivity contribution in [2.75, 3.05) is 0 Å². The number of amidine groups is 1. The van der Waals surface area contributed by atoms with Crippen molar-refractivity contribution in [1.82, 2.24) is 0 Å². The molecule has 0 aliphatic rings. The largest absolute Gasteiger partial charge is 0.417 e. The monoisotopic (exact) mass is 287 g/mol. The van der Waals surface area contributed by atoms with E-state index in [0.29, 0.717) is 12.0 Å². The second-order valence-electron chi connectivity index (χ2n) is 4.50. The highest BCUT2D eigenvalue weighted by atomic mass is 19.4. The molecule has 0 saturated carbocycles. The van der Waals surface area contributed by atoms with E-state index in [1.807, 2.05) is 0 Å². The lowest BCUT2D eigenvalue weighted by Gasteiger charge is -2.15. The zero-order valence-electron chi connectivity index (χ0n) is 10.9. The SMILES string of the molecule is CCC(Cc1ccc(C(F)(F)F)c(C(=N)N)c1)C(N)=O. The van der Waals surface area contributed by atoms with E-state index >= 15 is 0 Å². The summed E-state index contributed by atoms with van der Waals surface area (Å²) in [5.41, 5.74) is 9.56. The molecule has 0 bridgehead atoms. The van der Waals surface area contributed by atoms with Gasteiger partial charge in [-0.2, -0.15) is 13.2 Å². The number of benzene rings is 1. The summed E-state index contributed by atoms with van der Waals surface area (Å²) in [7, 11) is 0. The first-order valence-corrected chi connectivity index (χ1v) is 6.00. The number of hydrogen-bond acceptors (Lipinski definition) is 2. The number of nitrogen functional groups attached to an aromatic ring is 1. The summed E-state index contributed by atoms with van der Waals surface area (Å²) < 4.78 is 38.3. The minimum Gasteiger partial charge on any atom is -0.384 e. The lowest BCUT2D eigenvalue weighted by atomic mass is 9.93. The molecule has 1 unspecified atom stereocenters. The third-order valence-electron chi connectivity index (χ3n) is 3.06. The van der Waals surface area contributed by atoms with Crippen molar-refractivity contribution in [3.05, 3.63) is 34.9 Å². The van der Waals surface area contributed by atoms with Gasteiger partial charge in [-0.15, -0.1) is 0 Å². The number of carbonyl (C=O) groups excluding carboxylic acids is 1. The van der Waals surface area contributed by atoms with Gasteiger partial charge in [-0.1, -0.05) is 13.0 Å². The van der Waals surface area contributed by atoms with Crippen molar-refractivity contribution in [2.45, 2.75) is 25.9 Å². The number of nitrogens with one attached hydrogen (secondary N) is 1. The average molecular weight is 287 g/mol. The molecule has 4 nitrogen and oxygen atoms in total. The van der Waals surface area contributed by atoms with E-state index < -0.39 is 29.4 Å². The maximum absolute atomic E-state index is 12.8. The number of amides is 1. The Morgan fingerprint density at radius 1 is 1.35 bits per heavy atom. The summed E-state index contributed by atoms with van der Waals surface area (Å²) in [6, 6.07) is 3.34. The Morgan fingerprint density at radius 3 is 2.35 bits per heavy atom. The molecule has 7 heteroatoms. The number of rotatable bonds is 5. The third kappa shape index (κ3) is 3.72. The van der Waals surface area contributed by atoms with Crippen LogP contribution in [0.3, 0.4) is 0 Å². The van der Waals surface area contributed by atoms with Crippen LogP contribution in [0.4, 0.5) is 13.2 Å². The summed E-state index contributed by atoms with van der Waals surface area (Å²) in [5, 5.41) is 7.25. The van der Waals surface area contributed by atoms with Crippen LogP contribution in [0.1, 0.15) is 30.0 Å². The van der Waals surface area contributed by atoms with Crippen LogP contribution >= 0.6 is 0 Å². The zero-order chi connectivity index (χ0) is 15.5. The van der Waals surface area contributed by atoms with E-state index in [1.165, 1.54) is 12.1 Å².